The van der Waals surface area contributed by atoms with Crippen LogP contribution in [0.25, 0.3) is 0 Å². The molecule has 1 saturated carbocycles. The maximum Gasteiger partial charge on any atom is 0.254 e. The lowest BCUT2D eigenvalue weighted by atomic mass is 9.56. The van der Waals surface area contributed by atoms with Crippen LogP contribution in [0.15, 0.2) is 28.3 Å². The molecule has 0 aromatic heterocycles. The Bertz CT molecular complexity index is 1240. The SMILES string of the molecule is COc1cc([C@H]2C3=CC[C@@H]4C(=O)N(C)C(=O)[C@@H]4[C@@H]3C[C@@]3(Cl)C(=O)N(CBr)C(=O)[C@@]23Cl)cc(Br)c1O. The lowest BCUT2D eigenvalue weighted by molar-refractivity contribution is -0.140. The number of phenolic OH excluding ortho intramolecular Hbond substituents is 1. The predicted molar refractivity (Wildman–Crippen MR) is 133 cm³/mol. The van der Waals surface area contributed by atoms with Crippen LogP contribution in [0.1, 0.15) is 24.3 Å². The first-order valence-electron chi connectivity index (χ1n) is 10.8. The number of methoxy groups -OCH3 is 1. The smallest absolute Gasteiger partial charge is 0.254 e. The first-order chi connectivity index (χ1) is 16.4. The molecule has 8 nitrogen and oxygen atoms in total. The molecule has 0 radical (unpaired) electrons. The van der Waals surface area contributed by atoms with Gasteiger partial charge in [-0.25, -0.2) is 0 Å². The van der Waals surface area contributed by atoms with E-state index >= 15 is 0 Å². The van der Waals surface area contributed by atoms with Crippen molar-refractivity contribution in [3.8, 4) is 11.5 Å². The van der Waals surface area contributed by atoms with Gasteiger partial charge in [0.25, 0.3) is 11.8 Å². The molecule has 4 amide bonds. The van der Waals surface area contributed by atoms with Gasteiger partial charge in [0.05, 0.1) is 28.9 Å². The van der Waals surface area contributed by atoms with Crippen molar-refractivity contribution in [2.24, 2.45) is 17.8 Å². The number of imide groups is 2. The van der Waals surface area contributed by atoms with E-state index in [1.165, 1.54) is 14.2 Å². The minimum Gasteiger partial charge on any atom is -0.503 e. The second-order valence-corrected chi connectivity index (χ2v) is 11.9. The second kappa shape index (κ2) is 8.19. The summed E-state index contributed by atoms with van der Waals surface area (Å²) >= 11 is 20.8. The zero-order valence-electron chi connectivity index (χ0n) is 18.6. The van der Waals surface area contributed by atoms with Gasteiger partial charge in [-0.1, -0.05) is 27.6 Å². The molecule has 2 saturated heterocycles. The summed E-state index contributed by atoms with van der Waals surface area (Å²) < 4.78 is 5.61. The largest absolute Gasteiger partial charge is 0.503 e. The van der Waals surface area contributed by atoms with Gasteiger partial charge < -0.3 is 9.84 Å². The average Bonchev–Trinajstić information content (AvgIpc) is 3.13. The van der Waals surface area contributed by atoms with Crippen LogP contribution in [0.3, 0.4) is 0 Å². The Labute approximate surface area is 227 Å². The van der Waals surface area contributed by atoms with Gasteiger partial charge in [0.2, 0.25) is 11.8 Å². The standard InChI is InChI=1S/C23H20Br2Cl2N2O6/c1-28-18(31)11-4-3-10-12(15(11)19(28)32)7-22(26)20(33)29(8-24)21(34)23(22,27)16(10)9-5-13(25)17(30)14(6-9)35-2/h3,5-6,11-12,15-16,30H,4,7-8H2,1-2H3/t11-,12+,15-,16-,22+,23-/m0/s1. The number of benzene rings is 1. The Balaban J connectivity index is 1.78. The molecule has 1 aromatic carbocycles. The monoisotopic (exact) mass is 648 g/mol. The van der Waals surface area contributed by atoms with E-state index in [0.29, 0.717) is 22.0 Å². The fourth-order valence-corrected chi connectivity index (χ4v) is 8.09. The van der Waals surface area contributed by atoms with E-state index < -0.39 is 45.2 Å². The normalized spacial score (nSPS) is 36.2. The molecule has 0 spiro atoms. The van der Waals surface area contributed by atoms with Crippen LogP contribution < -0.4 is 4.74 Å². The number of carbonyl (C=O) groups excluding carboxylic acids is 4. The van der Waals surface area contributed by atoms with Crippen LogP contribution in [0.5, 0.6) is 11.5 Å². The summed E-state index contributed by atoms with van der Waals surface area (Å²) in [6.07, 6.45) is 2.08. The molecule has 12 heteroatoms. The van der Waals surface area contributed by atoms with E-state index in [4.69, 9.17) is 27.9 Å². The summed E-state index contributed by atoms with van der Waals surface area (Å²) in [5.74, 6) is -4.73. The van der Waals surface area contributed by atoms with Crippen molar-refractivity contribution >= 4 is 78.7 Å². The third kappa shape index (κ3) is 3.03. The Hall–Kier alpha value is -1.62. The second-order valence-electron chi connectivity index (χ2n) is 9.28. The van der Waals surface area contributed by atoms with Crippen LogP contribution >= 0.6 is 55.1 Å². The zero-order valence-corrected chi connectivity index (χ0v) is 23.2. The Morgan fingerprint density at radius 1 is 1.14 bits per heavy atom. The van der Waals surface area contributed by atoms with E-state index in [9.17, 15) is 24.3 Å². The van der Waals surface area contributed by atoms with Crippen LogP contribution in [-0.4, -0.2) is 67.9 Å². The molecular formula is C23H20Br2Cl2N2O6. The van der Waals surface area contributed by atoms with Crippen molar-refractivity contribution in [2.75, 3.05) is 19.6 Å². The number of carbonyl (C=O) groups is 4. The third-order valence-electron chi connectivity index (χ3n) is 7.84. The molecule has 1 aromatic rings. The van der Waals surface area contributed by atoms with E-state index in [2.05, 4.69) is 31.9 Å². The fourth-order valence-electron chi connectivity index (χ4n) is 6.20. The summed E-state index contributed by atoms with van der Waals surface area (Å²) in [5.41, 5.74) is 1.05. The van der Waals surface area contributed by atoms with Gasteiger partial charge in [0.15, 0.2) is 21.2 Å². The molecule has 2 heterocycles. The number of alkyl halides is 3. The quantitative estimate of drug-likeness (QED) is 0.233. The van der Waals surface area contributed by atoms with Crippen LogP contribution in [0.2, 0.25) is 0 Å². The van der Waals surface area contributed by atoms with Crippen molar-refractivity contribution in [3.63, 3.8) is 0 Å². The van der Waals surface area contributed by atoms with Gasteiger partial charge >= 0.3 is 0 Å². The maximum absolute atomic E-state index is 13.7. The van der Waals surface area contributed by atoms with Crippen LogP contribution in [-0.2, 0) is 19.2 Å². The number of hydrogen-bond donors (Lipinski definition) is 1. The van der Waals surface area contributed by atoms with Crippen LogP contribution in [0.4, 0.5) is 0 Å². The molecule has 186 valence electrons. The average molecular weight is 651 g/mol. The molecule has 2 aliphatic carbocycles. The number of nitrogens with zero attached hydrogens (tertiary/aromatic N) is 2. The number of rotatable bonds is 3. The number of aromatic hydroxyl groups is 1. The molecule has 5 rings (SSSR count). The molecule has 1 N–H and O–H groups in total. The number of amides is 4. The molecule has 4 aliphatic rings. The Morgan fingerprint density at radius 2 is 1.83 bits per heavy atom. The topological polar surface area (TPSA) is 104 Å². The number of phenols is 1. The fraction of sp³-hybridized carbons (Fsp3) is 0.478. The Kier molecular flexibility index (Phi) is 5.86. The molecule has 0 unspecified atom stereocenters. The van der Waals surface area contributed by atoms with Gasteiger partial charge in [-0.15, -0.1) is 23.2 Å². The van der Waals surface area contributed by atoms with E-state index in [-0.39, 0.29) is 35.2 Å². The van der Waals surface area contributed by atoms with E-state index in [1.807, 2.05) is 6.08 Å². The van der Waals surface area contributed by atoms with Gasteiger partial charge in [0.1, 0.15) is 0 Å². The highest BCUT2D eigenvalue weighted by atomic mass is 79.9. The van der Waals surface area contributed by atoms with Crippen molar-refractivity contribution in [1.29, 1.82) is 0 Å². The highest BCUT2D eigenvalue weighted by molar-refractivity contribution is 9.10. The summed E-state index contributed by atoms with van der Waals surface area (Å²) in [6.45, 7) is 0. The summed E-state index contributed by atoms with van der Waals surface area (Å²) in [6, 6.07) is 3.14. The zero-order chi connectivity index (χ0) is 25.6. The Morgan fingerprint density at radius 3 is 2.46 bits per heavy atom. The summed E-state index contributed by atoms with van der Waals surface area (Å²) in [5, 5.41) is 10.4. The first kappa shape index (κ1) is 25.0. The maximum atomic E-state index is 13.7. The lowest BCUT2D eigenvalue weighted by Gasteiger charge is -2.50. The predicted octanol–water partition coefficient (Wildman–Crippen LogP) is 3.50. The third-order valence-corrected chi connectivity index (χ3v) is 10.4. The minimum atomic E-state index is -1.91. The van der Waals surface area contributed by atoms with E-state index in [0.717, 1.165) is 9.80 Å². The molecule has 0 bridgehead atoms. The highest BCUT2D eigenvalue weighted by Crippen LogP contribution is 2.65. The highest BCUT2D eigenvalue weighted by Gasteiger charge is 2.76. The van der Waals surface area contributed by atoms with E-state index in [1.54, 1.807) is 12.1 Å². The molecule has 2 aliphatic heterocycles. The number of likely N-dealkylation sites (tertiary alicyclic amines) is 2. The van der Waals surface area contributed by atoms with Crippen molar-refractivity contribution in [1.82, 2.24) is 9.80 Å². The number of fused-ring (bicyclic) bond motifs is 4. The van der Waals surface area contributed by atoms with Crippen molar-refractivity contribution in [2.45, 2.75) is 28.5 Å². The van der Waals surface area contributed by atoms with Gasteiger partial charge in [-0.05, 0) is 52.4 Å². The summed E-state index contributed by atoms with van der Waals surface area (Å²) in [7, 11) is 2.83. The molecular weight excluding hydrogens is 631 g/mol. The molecule has 6 atom stereocenters. The van der Waals surface area contributed by atoms with Crippen LogP contribution in [0, 0.1) is 17.8 Å². The van der Waals surface area contributed by atoms with Crippen molar-refractivity contribution in [3.05, 3.63) is 33.8 Å². The number of halogens is 4. The van der Waals surface area contributed by atoms with Crippen molar-refractivity contribution < 1.29 is 29.0 Å². The number of ether oxygens (including phenoxy) is 1. The van der Waals surface area contributed by atoms with Gasteiger partial charge in [0, 0.05) is 13.0 Å². The molecule has 3 fully saturated rings. The van der Waals surface area contributed by atoms with Gasteiger partial charge in [-0.3, -0.25) is 29.0 Å². The lowest BCUT2D eigenvalue weighted by Crippen LogP contribution is -2.60. The number of allylic oxidation sites excluding steroid dienone is 2. The summed E-state index contributed by atoms with van der Waals surface area (Å²) in [4.78, 5) is 51.4. The number of hydrogen-bond acceptors (Lipinski definition) is 6. The first-order valence-corrected chi connectivity index (χ1v) is 13.5. The minimum absolute atomic E-state index is 0.0706. The van der Waals surface area contributed by atoms with Gasteiger partial charge in [-0.2, -0.15) is 0 Å². The molecule has 35 heavy (non-hydrogen) atoms.